The number of benzene rings is 1. The van der Waals surface area contributed by atoms with Crippen LogP contribution in [0, 0.1) is 11.8 Å². The van der Waals surface area contributed by atoms with E-state index in [9.17, 15) is 9.90 Å². The summed E-state index contributed by atoms with van der Waals surface area (Å²) in [7, 11) is 0. The van der Waals surface area contributed by atoms with Crippen LogP contribution in [0.4, 0.5) is 0 Å². The SMILES string of the molecule is C[C@@H](NC[C@](C)(O)C#Cc1ccccc1)C(=O)O. The molecular weight excluding hydrogens is 230 g/mol. The van der Waals surface area contributed by atoms with Crippen LogP contribution in [0.5, 0.6) is 0 Å². The van der Waals surface area contributed by atoms with Gasteiger partial charge in [-0.3, -0.25) is 4.79 Å². The van der Waals surface area contributed by atoms with E-state index in [0.717, 1.165) is 5.56 Å². The van der Waals surface area contributed by atoms with E-state index in [1.165, 1.54) is 6.92 Å². The molecule has 1 aromatic rings. The molecule has 4 heteroatoms. The molecule has 96 valence electrons. The number of hydrogen-bond donors (Lipinski definition) is 3. The molecule has 0 saturated heterocycles. The zero-order valence-corrected chi connectivity index (χ0v) is 10.5. The van der Waals surface area contributed by atoms with Crippen molar-refractivity contribution in [3.63, 3.8) is 0 Å². The summed E-state index contributed by atoms with van der Waals surface area (Å²) in [4.78, 5) is 10.6. The highest BCUT2D eigenvalue weighted by atomic mass is 16.4. The van der Waals surface area contributed by atoms with Crippen LogP contribution in [-0.2, 0) is 4.79 Å². The van der Waals surface area contributed by atoms with Crippen LogP contribution < -0.4 is 5.32 Å². The molecule has 0 spiro atoms. The van der Waals surface area contributed by atoms with Crippen molar-refractivity contribution in [2.75, 3.05) is 6.54 Å². The molecule has 0 amide bonds. The molecular formula is C14H17NO3. The highest BCUT2D eigenvalue weighted by molar-refractivity contribution is 5.72. The lowest BCUT2D eigenvalue weighted by atomic mass is 10.1. The summed E-state index contributed by atoms with van der Waals surface area (Å²) >= 11 is 0. The Balaban J connectivity index is 2.60. The van der Waals surface area contributed by atoms with Crippen molar-refractivity contribution >= 4 is 5.97 Å². The predicted molar refractivity (Wildman–Crippen MR) is 69.0 cm³/mol. The number of carboxylic acid groups (broad SMARTS) is 1. The summed E-state index contributed by atoms with van der Waals surface area (Å²) in [5.41, 5.74) is -0.455. The minimum Gasteiger partial charge on any atom is -0.480 e. The van der Waals surface area contributed by atoms with Crippen LogP contribution in [0.25, 0.3) is 0 Å². The van der Waals surface area contributed by atoms with Gasteiger partial charge in [0.15, 0.2) is 0 Å². The summed E-state index contributed by atoms with van der Waals surface area (Å²) in [6.45, 7) is 3.16. The lowest BCUT2D eigenvalue weighted by Crippen LogP contribution is -2.43. The first kappa shape index (κ1) is 14.2. The van der Waals surface area contributed by atoms with Gasteiger partial charge in [-0.2, -0.15) is 0 Å². The predicted octanol–water partition coefficient (Wildman–Crippen LogP) is 0.852. The maximum atomic E-state index is 10.6. The standard InChI is InChI=1S/C14H17NO3/c1-11(13(16)17)15-10-14(2,18)9-8-12-6-4-3-5-7-12/h3-7,11,15,18H,10H2,1-2H3,(H,16,17)/t11-,14-/m1/s1. The van der Waals surface area contributed by atoms with Crippen LogP contribution in [0.15, 0.2) is 30.3 Å². The fourth-order valence-electron chi connectivity index (χ4n) is 1.21. The summed E-state index contributed by atoms with van der Waals surface area (Å²) in [6, 6.07) is 8.59. The molecule has 0 bridgehead atoms. The quantitative estimate of drug-likeness (QED) is 0.690. The van der Waals surface area contributed by atoms with Gasteiger partial charge in [-0.15, -0.1) is 0 Å². The van der Waals surface area contributed by atoms with Crippen molar-refractivity contribution in [3.05, 3.63) is 35.9 Å². The van der Waals surface area contributed by atoms with Crippen LogP contribution in [-0.4, -0.2) is 34.4 Å². The Morgan fingerprint density at radius 1 is 1.44 bits per heavy atom. The second-order valence-corrected chi connectivity index (χ2v) is 4.33. The van der Waals surface area contributed by atoms with E-state index in [2.05, 4.69) is 17.2 Å². The Labute approximate surface area is 107 Å². The van der Waals surface area contributed by atoms with Crippen molar-refractivity contribution in [1.82, 2.24) is 5.32 Å². The molecule has 0 heterocycles. The van der Waals surface area contributed by atoms with Gasteiger partial charge in [-0.25, -0.2) is 0 Å². The topological polar surface area (TPSA) is 69.6 Å². The lowest BCUT2D eigenvalue weighted by Gasteiger charge is -2.19. The van der Waals surface area contributed by atoms with Gasteiger partial charge < -0.3 is 15.5 Å². The van der Waals surface area contributed by atoms with Gasteiger partial charge in [0.2, 0.25) is 0 Å². The summed E-state index contributed by atoms with van der Waals surface area (Å²) in [5.74, 6) is 4.61. The molecule has 0 aliphatic heterocycles. The third kappa shape index (κ3) is 5.00. The number of aliphatic hydroxyl groups is 1. The highest BCUT2D eigenvalue weighted by Gasteiger charge is 2.19. The number of carbonyl (C=O) groups is 1. The van der Waals surface area contributed by atoms with Gasteiger partial charge in [0.05, 0.1) is 0 Å². The number of carboxylic acids is 1. The highest BCUT2D eigenvalue weighted by Crippen LogP contribution is 2.02. The smallest absolute Gasteiger partial charge is 0.320 e. The molecule has 0 aliphatic rings. The van der Waals surface area contributed by atoms with Crippen molar-refractivity contribution < 1.29 is 15.0 Å². The molecule has 0 unspecified atom stereocenters. The average Bonchev–Trinajstić information content (AvgIpc) is 2.35. The van der Waals surface area contributed by atoms with E-state index >= 15 is 0 Å². The largest absolute Gasteiger partial charge is 0.480 e. The molecule has 0 fully saturated rings. The summed E-state index contributed by atoms with van der Waals surface area (Å²) in [6.07, 6.45) is 0. The molecule has 1 rings (SSSR count). The Kier molecular flexibility index (Phi) is 4.90. The Hall–Kier alpha value is -1.83. The zero-order chi connectivity index (χ0) is 13.6. The van der Waals surface area contributed by atoms with Gasteiger partial charge in [0.1, 0.15) is 11.6 Å². The van der Waals surface area contributed by atoms with Crippen molar-refractivity contribution in [3.8, 4) is 11.8 Å². The molecule has 0 radical (unpaired) electrons. The van der Waals surface area contributed by atoms with Crippen molar-refractivity contribution in [2.24, 2.45) is 0 Å². The zero-order valence-electron chi connectivity index (χ0n) is 10.5. The minimum absolute atomic E-state index is 0.0975. The molecule has 2 atom stereocenters. The van der Waals surface area contributed by atoms with Gasteiger partial charge >= 0.3 is 5.97 Å². The van der Waals surface area contributed by atoms with Gasteiger partial charge in [0, 0.05) is 12.1 Å². The average molecular weight is 247 g/mol. The lowest BCUT2D eigenvalue weighted by molar-refractivity contribution is -0.139. The van der Waals surface area contributed by atoms with Crippen molar-refractivity contribution in [2.45, 2.75) is 25.5 Å². The molecule has 0 aromatic heterocycles. The first-order valence-corrected chi connectivity index (χ1v) is 5.67. The Bertz CT molecular complexity index is 457. The van der Waals surface area contributed by atoms with E-state index in [4.69, 9.17) is 5.11 Å². The number of rotatable bonds is 4. The molecule has 3 N–H and O–H groups in total. The molecule has 0 aliphatic carbocycles. The number of hydrogen-bond acceptors (Lipinski definition) is 3. The first-order chi connectivity index (χ1) is 8.41. The second kappa shape index (κ2) is 6.20. The molecule has 0 saturated carbocycles. The fourth-order valence-corrected chi connectivity index (χ4v) is 1.21. The van der Waals surface area contributed by atoms with Crippen LogP contribution in [0.3, 0.4) is 0 Å². The van der Waals surface area contributed by atoms with Crippen molar-refractivity contribution in [1.29, 1.82) is 0 Å². The molecule has 4 nitrogen and oxygen atoms in total. The minimum atomic E-state index is -1.26. The van der Waals surface area contributed by atoms with E-state index in [1.807, 2.05) is 30.3 Å². The third-order valence-electron chi connectivity index (χ3n) is 2.37. The van der Waals surface area contributed by atoms with E-state index < -0.39 is 17.6 Å². The maximum absolute atomic E-state index is 10.6. The first-order valence-electron chi connectivity index (χ1n) is 5.67. The summed E-state index contributed by atoms with van der Waals surface area (Å²) < 4.78 is 0. The van der Waals surface area contributed by atoms with Gasteiger partial charge in [-0.05, 0) is 26.0 Å². The number of nitrogens with one attached hydrogen (secondary N) is 1. The van der Waals surface area contributed by atoms with Crippen LogP contribution in [0.2, 0.25) is 0 Å². The van der Waals surface area contributed by atoms with Gasteiger partial charge in [0.25, 0.3) is 0 Å². The van der Waals surface area contributed by atoms with Crippen LogP contribution >= 0.6 is 0 Å². The summed E-state index contributed by atoms with van der Waals surface area (Å²) in [5, 5.41) is 21.4. The molecule has 1 aromatic carbocycles. The third-order valence-corrected chi connectivity index (χ3v) is 2.37. The van der Waals surface area contributed by atoms with Gasteiger partial charge in [-0.1, -0.05) is 30.0 Å². The number of aliphatic carboxylic acids is 1. The van der Waals surface area contributed by atoms with Crippen LogP contribution in [0.1, 0.15) is 19.4 Å². The monoisotopic (exact) mass is 247 g/mol. The maximum Gasteiger partial charge on any atom is 0.320 e. The normalized spacial score (nSPS) is 15.1. The van der Waals surface area contributed by atoms with E-state index in [-0.39, 0.29) is 6.54 Å². The second-order valence-electron chi connectivity index (χ2n) is 4.33. The Morgan fingerprint density at radius 3 is 2.61 bits per heavy atom. The Morgan fingerprint density at radius 2 is 2.06 bits per heavy atom. The fraction of sp³-hybridized carbons (Fsp3) is 0.357. The van der Waals surface area contributed by atoms with E-state index in [1.54, 1.807) is 6.92 Å². The molecule has 18 heavy (non-hydrogen) atoms. The van der Waals surface area contributed by atoms with E-state index in [0.29, 0.717) is 0 Å².